The van der Waals surface area contributed by atoms with Crippen LogP contribution in [0.2, 0.25) is 5.02 Å². The topological polar surface area (TPSA) is 124 Å². The zero-order valence-electron chi connectivity index (χ0n) is 20.5. The van der Waals surface area contributed by atoms with E-state index in [0.29, 0.717) is 55.9 Å². The van der Waals surface area contributed by atoms with Gasteiger partial charge in [0.1, 0.15) is 17.7 Å². The summed E-state index contributed by atoms with van der Waals surface area (Å²) in [5.74, 6) is 0.729. The van der Waals surface area contributed by atoms with Crippen LogP contribution in [0.4, 0.5) is 5.82 Å². The van der Waals surface area contributed by atoms with Gasteiger partial charge < -0.3 is 20.5 Å². The molecule has 9 nitrogen and oxygen atoms in total. The predicted octanol–water partition coefficient (Wildman–Crippen LogP) is 3.18. The molecule has 38 heavy (non-hydrogen) atoms. The minimum Gasteiger partial charge on any atom is -0.484 e. The van der Waals surface area contributed by atoms with Crippen LogP contribution in [0.5, 0.6) is 5.75 Å². The van der Waals surface area contributed by atoms with E-state index >= 15 is 0 Å². The summed E-state index contributed by atoms with van der Waals surface area (Å²) >= 11 is 6.55. The highest BCUT2D eigenvalue weighted by molar-refractivity contribution is 7.89. The van der Waals surface area contributed by atoms with Crippen LogP contribution in [0.3, 0.4) is 0 Å². The molecule has 1 amide bonds. The number of benzene rings is 2. The Bertz CT molecular complexity index is 1470. The van der Waals surface area contributed by atoms with E-state index in [1.54, 1.807) is 48.7 Å². The molecule has 3 aromatic rings. The second-order valence-electron chi connectivity index (χ2n) is 9.02. The lowest BCUT2D eigenvalue weighted by Gasteiger charge is -2.26. The zero-order chi connectivity index (χ0) is 26.7. The Kier molecular flexibility index (Phi) is 7.66. The highest BCUT2D eigenvalue weighted by Gasteiger charge is 2.28. The van der Waals surface area contributed by atoms with Crippen molar-refractivity contribution in [3.05, 3.63) is 83.0 Å². The van der Waals surface area contributed by atoms with Crippen LogP contribution in [0.15, 0.2) is 71.8 Å². The van der Waals surface area contributed by atoms with Gasteiger partial charge in [0.15, 0.2) is 0 Å². The Balaban J connectivity index is 1.27. The van der Waals surface area contributed by atoms with Crippen molar-refractivity contribution >= 4 is 33.3 Å². The minimum atomic E-state index is -3.62. The van der Waals surface area contributed by atoms with Crippen LogP contribution < -0.4 is 15.8 Å². The SMILES string of the molecule is Nc1ccc(CNC(=O)C=CC2Cc3cc(-c4cccc(S(=O)(=O)N5CCOCC5)c4)cc(Cl)c3O2)cn1. The van der Waals surface area contributed by atoms with Gasteiger partial charge in [0, 0.05) is 43.9 Å². The van der Waals surface area contributed by atoms with Crippen LogP contribution in [-0.2, 0) is 32.5 Å². The van der Waals surface area contributed by atoms with Gasteiger partial charge in [-0.2, -0.15) is 4.31 Å². The van der Waals surface area contributed by atoms with Crippen LogP contribution >= 0.6 is 11.6 Å². The summed E-state index contributed by atoms with van der Waals surface area (Å²) in [6.45, 7) is 1.77. The second-order valence-corrected chi connectivity index (χ2v) is 11.4. The van der Waals surface area contributed by atoms with Crippen LogP contribution in [-0.4, -0.2) is 56.0 Å². The molecule has 11 heteroatoms. The third-order valence-electron chi connectivity index (χ3n) is 6.36. The highest BCUT2D eigenvalue weighted by Crippen LogP contribution is 2.40. The van der Waals surface area contributed by atoms with Gasteiger partial charge in [0.2, 0.25) is 15.9 Å². The maximum absolute atomic E-state index is 13.1. The fourth-order valence-electron chi connectivity index (χ4n) is 4.37. The number of hydrogen-bond acceptors (Lipinski definition) is 7. The van der Waals surface area contributed by atoms with Gasteiger partial charge in [-0.1, -0.05) is 29.8 Å². The number of anilines is 1. The number of nitrogens with two attached hydrogens (primary N) is 1. The maximum atomic E-state index is 13.1. The van der Waals surface area contributed by atoms with E-state index in [1.807, 2.05) is 12.1 Å². The number of carbonyl (C=O) groups is 1. The molecular weight excluding hydrogens is 528 g/mol. The highest BCUT2D eigenvalue weighted by atomic mass is 35.5. The lowest BCUT2D eigenvalue weighted by atomic mass is 10.0. The number of carbonyl (C=O) groups excluding carboxylic acids is 1. The first kappa shape index (κ1) is 26.2. The number of fused-ring (bicyclic) bond motifs is 1. The minimum absolute atomic E-state index is 0.228. The van der Waals surface area contributed by atoms with E-state index in [4.69, 9.17) is 26.8 Å². The lowest BCUT2D eigenvalue weighted by Crippen LogP contribution is -2.40. The number of amides is 1. The summed E-state index contributed by atoms with van der Waals surface area (Å²) in [7, 11) is -3.62. The smallest absolute Gasteiger partial charge is 0.244 e. The molecule has 1 saturated heterocycles. The number of rotatable bonds is 7. The molecule has 2 aliphatic rings. The number of ether oxygens (including phenoxy) is 2. The maximum Gasteiger partial charge on any atom is 0.244 e. The van der Waals surface area contributed by atoms with Crippen LogP contribution in [0, 0.1) is 0 Å². The molecule has 3 heterocycles. The molecule has 1 fully saturated rings. The molecule has 1 atom stereocenters. The fraction of sp³-hybridized carbons (Fsp3) is 0.259. The Hall–Kier alpha value is -3.44. The van der Waals surface area contributed by atoms with Crippen molar-refractivity contribution < 1.29 is 22.7 Å². The van der Waals surface area contributed by atoms with E-state index in [9.17, 15) is 13.2 Å². The fourth-order valence-corrected chi connectivity index (χ4v) is 6.11. The number of hydrogen-bond donors (Lipinski definition) is 2. The van der Waals surface area contributed by atoms with E-state index in [1.165, 1.54) is 10.4 Å². The van der Waals surface area contributed by atoms with E-state index in [0.717, 1.165) is 22.3 Å². The van der Waals surface area contributed by atoms with Gasteiger partial charge in [0.05, 0.1) is 23.1 Å². The second kappa shape index (κ2) is 11.1. The van der Waals surface area contributed by atoms with Gasteiger partial charge in [-0.05, 0) is 53.1 Å². The van der Waals surface area contributed by atoms with Gasteiger partial charge in [0.25, 0.3) is 0 Å². The lowest BCUT2D eigenvalue weighted by molar-refractivity contribution is -0.116. The number of nitrogens with one attached hydrogen (secondary N) is 1. The molecule has 198 valence electrons. The first-order valence-electron chi connectivity index (χ1n) is 12.1. The predicted molar refractivity (Wildman–Crippen MR) is 144 cm³/mol. The molecule has 1 unspecified atom stereocenters. The molecule has 0 bridgehead atoms. The summed E-state index contributed by atoms with van der Waals surface area (Å²) in [6.07, 6.45) is 4.93. The molecule has 3 N–H and O–H groups in total. The number of morpholine rings is 1. The molecule has 0 radical (unpaired) electrons. The summed E-state index contributed by atoms with van der Waals surface area (Å²) in [4.78, 5) is 16.5. The van der Waals surface area contributed by atoms with Crippen LogP contribution in [0.1, 0.15) is 11.1 Å². The molecule has 0 aliphatic carbocycles. The normalized spacial score (nSPS) is 17.8. The molecule has 2 aromatic carbocycles. The third kappa shape index (κ3) is 5.83. The van der Waals surface area contributed by atoms with E-state index in [2.05, 4.69) is 10.3 Å². The number of nitrogen functional groups attached to an aromatic ring is 1. The monoisotopic (exact) mass is 554 g/mol. The van der Waals surface area contributed by atoms with Crippen molar-refractivity contribution in [1.82, 2.24) is 14.6 Å². The van der Waals surface area contributed by atoms with E-state index < -0.39 is 10.0 Å². The molecular formula is C27H27ClN4O5S. The number of halogens is 1. The van der Waals surface area contributed by atoms with Crippen molar-refractivity contribution in [2.45, 2.75) is 24.0 Å². The van der Waals surface area contributed by atoms with Crippen LogP contribution in [0.25, 0.3) is 11.1 Å². The molecule has 5 rings (SSSR count). The molecule has 0 saturated carbocycles. The first-order chi connectivity index (χ1) is 18.3. The van der Waals surface area contributed by atoms with Gasteiger partial charge >= 0.3 is 0 Å². The van der Waals surface area contributed by atoms with E-state index in [-0.39, 0.29) is 16.9 Å². The van der Waals surface area contributed by atoms with Gasteiger partial charge in [-0.15, -0.1) is 0 Å². The summed E-state index contributed by atoms with van der Waals surface area (Å²) in [5, 5.41) is 3.22. The van der Waals surface area contributed by atoms with Crippen molar-refractivity contribution in [2.24, 2.45) is 0 Å². The Morgan fingerprint density at radius 3 is 2.74 bits per heavy atom. The largest absolute Gasteiger partial charge is 0.484 e. The number of nitrogens with zero attached hydrogens (tertiary/aromatic N) is 2. The van der Waals surface area contributed by atoms with Crippen molar-refractivity contribution in [3.8, 4) is 16.9 Å². The molecule has 1 aromatic heterocycles. The average Bonchev–Trinajstić information content (AvgIpc) is 3.36. The summed E-state index contributed by atoms with van der Waals surface area (Å²) in [5.41, 5.74) is 8.83. The molecule has 0 spiro atoms. The van der Waals surface area contributed by atoms with Crippen molar-refractivity contribution in [1.29, 1.82) is 0 Å². The standard InChI is InChI=1S/C27H27ClN4O5S/c28-24-15-20(19-2-1-3-23(14-19)38(34,35)32-8-10-36-11-9-32)12-21-13-22(37-27(21)24)5-7-26(33)31-17-18-4-6-25(29)30-16-18/h1-7,12,14-16,22H,8-11,13,17H2,(H2,29,30)(H,31,33). The number of sulfonamides is 1. The Morgan fingerprint density at radius 1 is 1.16 bits per heavy atom. The van der Waals surface area contributed by atoms with Gasteiger partial charge in [-0.25, -0.2) is 13.4 Å². The average molecular weight is 555 g/mol. The number of pyridine rings is 1. The van der Waals surface area contributed by atoms with Crippen molar-refractivity contribution in [3.63, 3.8) is 0 Å². The van der Waals surface area contributed by atoms with Crippen molar-refractivity contribution in [2.75, 3.05) is 32.0 Å². The number of aromatic nitrogens is 1. The Morgan fingerprint density at radius 2 is 1.97 bits per heavy atom. The first-order valence-corrected chi connectivity index (χ1v) is 14.0. The summed E-state index contributed by atoms with van der Waals surface area (Å²) < 4.78 is 38.9. The Labute approximate surface area is 226 Å². The third-order valence-corrected chi connectivity index (χ3v) is 8.54. The summed E-state index contributed by atoms with van der Waals surface area (Å²) in [6, 6.07) is 14.0. The van der Waals surface area contributed by atoms with Gasteiger partial charge in [-0.3, -0.25) is 4.79 Å². The zero-order valence-corrected chi connectivity index (χ0v) is 22.0. The molecule has 2 aliphatic heterocycles. The quantitative estimate of drug-likeness (QED) is 0.430.